The summed E-state index contributed by atoms with van der Waals surface area (Å²) in [7, 11) is 1.99. The molecule has 1 heterocycles. The van der Waals surface area contributed by atoms with Crippen molar-refractivity contribution >= 4 is 5.91 Å². The monoisotopic (exact) mass is 261 g/mol. The molecule has 2 N–H and O–H groups in total. The summed E-state index contributed by atoms with van der Waals surface area (Å²) in [5, 5.41) is 0. The van der Waals surface area contributed by atoms with Crippen LogP contribution in [0.3, 0.4) is 0 Å². The number of carbonyl (C=O) groups excluding carboxylic acids is 1. The maximum atomic E-state index is 12.0. The topological polar surface area (TPSA) is 49.6 Å². The number of hydrogen-bond acceptors (Lipinski definition) is 3. The molecule has 1 aromatic carbocycles. The third-order valence-corrected chi connectivity index (χ3v) is 3.54. The molecular weight excluding hydrogens is 238 g/mol. The van der Waals surface area contributed by atoms with Crippen molar-refractivity contribution in [3.8, 4) is 0 Å². The number of nitrogens with zero attached hydrogens (tertiary/aromatic N) is 2. The van der Waals surface area contributed by atoms with Crippen molar-refractivity contribution < 1.29 is 4.79 Å². The predicted octanol–water partition coefficient (Wildman–Crippen LogP) is 1.20. The molecule has 1 amide bonds. The van der Waals surface area contributed by atoms with E-state index in [-0.39, 0.29) is 5.91 Å². The smallest absolute Gasteiger partial charge is 0.236 e. The molecule has 0 bridgehead atoms. The standard InChI is InChI=1S/C15H23N3O/c1-17(12-15(19)18-7-2-3-8-18)11-14-6-4-5-13(9-14)10-16/h4-6,9H,2-3,7-8,10-12,16H2,1H3. The van der Waals surface area contributed by atoms with Crippen molar-refractivity contribution in [3.63, 3.8) is 0 Å². The minimum Gasteiger partial charge on any atom is -0.342 e. The Hall–Kier alpha value is -1.39. The number of hydrogen-bond donors (Lipinski definition) is 1. The molecule has 0 radical (unpaired) electrons. The van der Waals surface area contributed by atoms with Gasteiger partial charge in [-0.2, -0.15) is 0 Å². The van der Waals surface area contributed by atoms with Crippen LogP contribution in [0.5, 0.6) is 0 Å². The largest absolute Gasteiger partial charge is 0.342 e. The molecule has 19 heavy (non-hydrogen) atoms. The number of likely N-dealkylation sites (N-methyl/N-ethyl adjacent to an activating group) is 1. The second-order valence-corrected chi connectivity index (χ2v) is 5.28. The molecule has 1 aliphatic rings. The van der Waals surface area contributed by atoms with Crippen molar-refractivity contribution in [2.24, 2.45) is 5.73 Å². The van der Waals surface area contributed by atoms with Crippen LogP contribution in [-0.2, 0) is 17.9 Å². The third kappa shape index (κ3) is 4.04. The molecule has 4 heteroatoms. The van der Waals surface area contributed by atoms with Crippen LogP contribution in [0.15, 0.2) is 24.3 Å². The zero-order valence-electron chi connectivity index (χ0n) is 11.6. The molecule has 2 rings (SSSR count). The van der Waals surface area contributed by atoms with E-state index < -0.39 is 0 Å². The van der Waals surface area contributed by atoms with Gasteiger partial charge in [0.15, 0.2) is 0 Å². The maximum Gasteiger partial charge on any atom is 0.236 e. The lowest BCUT2D eigenvalue weighted by Gasteiger charge is -2.21. The summed E-state index contributed by atoms with van der Waals surface area (Å²) in [6.07, 6.45) is 2.29. The Morgan fingerprint density at radius 1 is 1.32 bits per heavy atom. The Kier molecular flexibility index (Phi) is 4.93. The number of nitrogens with two attached hydrogens (primary N) is 1. The molecule has 0 aliphatic carbocycles. The zero-order chi connectivity index (χ0) is 13.7. The number of benzene rings is 1. The van der Waals surface area contributed by atoms with E-state index >= 15 is 0 Å². The van der Waals surface area contributed by atoms with Crippen LogP contribution in [0.1, 0.15) is 24.0 Å². The molecule has 1 aromatic rings. The van der Waals surface area contributed by atoms with E-state index in [1.165, 1.54) is 5.56 Å². The lowest BCUT2D eigenvalue weighted by Crippen LogP contribution is -2.36. The van der Waals surface area contributed by atoms with Crippen molar-refractivity contribution in [2.75, 3.05) is 26.7 Å². The van der Waals surface area contributed by atoms with Gasteiger partial charge in [-0.25, -0.2) is 0 Å². The van der Waals surface area contributed by atoms with Crippen LogP contribution in [-0.4, -0.2) is 42.4 Å². The minimum atomic E-state index is 0.245. The van der Waals surface area contributed by atoms with Gasteiger partial charge in [0, 0.05) is 26.2 Å². The van der Waals surface area contributed by atoms with Crippen LogP contribution in [0, 0.1) is 0 Å². The number of carbonyl (C=O) groups is 1. The summed E-state index contributed by atoms with van der Waals surface area (Å²) in [6.45, 7) is 3.69. The first kappa shape index (κ1) is 14.0. The number of amides is 1. The van der Waals surface area contributed by atoms with Gasteiger partial charge in [0.25, 0.3) is 0 Å². The summed E-state index contributed by atoms with van der Waals surface area (Å²) in [6, 6.07) is 8.24. The molecule has 4 nitrogen and oxygen atoms in total. The van der Waals surface area contributed by atoms with Gasteiger partial charge in [-0.1, -0.05) is 24.3 Å². The SMILES string of the molecule is CN(CC(=O)N1CCCC1)Cc1cccc(CN)c1. The van der Waals surface area contributed by atoms with E-state index in [1.54, 1.807) is 0 Å². The molecule has 1 fully saturated rings. The average Bonchev–Trinajstić information content (AvgIpc) is 2.92. The maximum absolute atomic E-state index is 12.0. The molecule has 0 aromatic heterocycles. The summed E-state index contributed by atoms with van der Waals surface area (Å²) in [4.78, 5) is 16.1. The lowest BCUT2D eigenvalue weighted by molar-refractivity contribution is -0.131. The molecular formula is C15H23N3O. The van der Waals surface area contributed by atoms with E-state index in [9.17, 15) is 4.79 Å². The first-order chi connectivity index (χ1) is 9.19. The zero-order valence-corrected chi connectivity index (χ0v) is 11.6. The summed E-state index contributed by atoms with van der Waals surface area (Å²) in [5.41, 5.74) is 7.98. The quantitative estimate of drug-likeness (QED) is 0.866. The van der Waals surface area contributed by atoms with Gasteiger partial charge in [0.05, 0.1) is 6.54 Å². The predicted molar refractivity (Wildman–Crippen MR) is 76.5 cm³/mol. The van der Waals surface area contributed by atoms with Gasteiger partial charge in [-0.15, -0.1) is 0 Å². The molecule has 0 spiro atoms. The van der Waals surface area contributed by atoms with Crippen molar-refractivity contribution in [3.05, 3.63) is 35.4 Å². The molecule has 0 saturated carbocycles. The second kappa shape index (κ2) is 6.68. The van der Waals surface area contributed by atoms with Crippen LogP contribution >= 0.6 is 0 Å². The van der Waals surface area contributed by atoms with E-state index in [1.807, 2.05) is 24.1 Å². The minimum absolute atomic E-state index is 0.245. The molecule has 104 valence electrons. The fraction of sp³-hybridized carbons (Fsp3) is 0.533. The van der Waals surface area contributed by atoms with Gasteiger partial charge >= 0.3 is 0 Å². The molecule has 1 saturated heterocycles. The summed E-state index contributed by atoms with van der Waals surface area (Å²) < 4.78 is 0. The van der Waals surface area contributed by atoms with Crippen molar-refractivity contribution in [1.29, 1.82) is 0 Å². The average molecular weight is 261 g/mol. The van der Waals surface area contributed by atoms with Crippen LogP contribution in [0.25, 0.3) is 0 Å². The van der Waals surface area contributed by atoms with Crippen molar-refractivity contribution in [2.45, 2.75) is 25.9 Å². The van der Waals surface area contributed by atoms with Gasteiger partial charge in [0.1, 0.15) is 0 Å². The Labute approximate surface area is 115 Å². The highest BCUT2D eigenvalue weighted by molar-refractivity contribution is 5.78. The lowest BCUT2D eigenvalue weighted by atomic mass is 10.1. The van der Waals surface area contributed by atoms with Gasteiger partial charge in [-0.05, 0) is 31.0 Å². The van der Waals surface area contributed by atoms with Crippen LogP contribution < -0.4 is 5.73 Å². The fourth-order valence-corrected chi connectivity index (χ4v) is 2.52. The Morgan fingerprint density at radius 2 is 2.00 bits per heavy atom. The van der Waals surface area contributed by atoms with E-state index in [0.29, 0.717) is 13.1 Å². The highest BCUT2D eigenvalue weighted by Gasteiger charge is 2.18. The van der Waals surface area contributed by atoms with Gasteiger partial charge in [0.2, 0.25) is 5.91 Å². The highest BCUT2D eigenvalue weighted by atomic mass is 16.2. The van der Waals surface area contributed by atoms with Crippen LogP contribution in [0.4, 0.5) is 0 Å². The number of likely N-dealkylation sites (tertiary alicyclic amines) is 1. The third-order valence-electron chi connectivity index (χ3n) is 3.54. The van der Waals surface area contributed by atoms with Gasteiger partial charge < -0.3 is 10.6 Å². The summed E-state index contributed by atoms with van der Waals surface area (Å²) in [5.74, 6) is 0.245. The molecule has 0 unspecified atom stereocenters. The first-order valence-electron chi connectivity index (χ1n) is 6.93. The first-order valence-corrected chi connectivity index (χ1v) is 6.93. The second-order valence-electron chi connectivity index (χ2n) is 5.28. The Morgan fingerprint density at radius 3 is 2.68 bits per heavy atom. The Bertz CT molecular complexity index is 427. The Balaban J connectivity index is 1.85. The number of rotatable bonds is 5. The summed E-state index contributed by atoms with van der Waals surface area (Å²) >= 11 is 0. The fourth-order valence-electron chi connectivity index (χ4n) is 2.52. The van der Waals surface area contributed by atoms with Crippen LogP contribution in [0.2, 0.25) is 0 Å². The highest BCUT2D eigenvalue weighted by Crippen LogP contribution is 2.10. The van der Waals surface area contributed by atoms with Crippen molar-refractivity contribution in [1.82, 2.24) is 9.80 Å². The molecule has 0 atom stereocenters. The van der Waals surface area contributed by atoms with Gasteiger partial charge in [-0.3, -0.25) is 9.69 Å². The van der Waals surface area contributed by atoms with E-state index in [4.69, 9.17) is 5.73 Å². The normalized spacial score (nSPS) is 15.2. The van der Waals surface area contributed by atoms with E-state index in [2.05, 4.69) is 17.0 Å². The van der Waals surface area contributed by atoms with E-state index in [0.717, 1.165) is 38.0 Å². The molecule has 1 aliphatic heterocycles.